The Balaban J connectivity index is 0.00000341. The molecule has 1 atom stereocenters. The summed E-state index contributed by atoms with van der Waals surface area (Å²) >= 11 is 0. The topological polar surface area (TPSA) is 68.9 Å². The second-order valence-electron chi connectivity index (χ2n) is 7.95. The highest BCUT2D eigenvalue weighted by Gasteiger charge is 2.25. The van der Waals surface area contributed by atoms with Crippen LogP contribution >= 0.6 is 24.0 Å². The van der Waals surface area contributed by atoms with Crippen molar-refractivity contribution in [3.63, 3.8) is 0 Å². The van der Waals surface area contributed by atoms with Crippen LogP contribution in [0, 0.1) is 13.8 Å². The molecule has 1 aliphatic heterocycles. The number of aryl methyl sites for hydroxylation is 2. The van der Waals surface area contributed by atoms with Gasteiger partial charge in [-0.2, -0.15) is 0 Å². The summed E-state index contributed by atoms with van der Waals surface area (Å²) in [6.45, 7) is 12.5. The van der Waals surface area contributed by atoms with Gasteiger partial charge in [-0.3, -0.25) is 4.90 Å². The molecule has 1 saturated heterocycles. The Morgan fingerprint density at radius 3 is 2.65 bits per heavy atom. The summed E-state index contributed by atoms with van der Waals surface area (Å²) in [5, 5.41) is 6.75. The van der Waals surface area contributed by atoms with Crippen molar-refractivity contribution in [2.75, 3.05) is 46.3 Å². The zero-order valence-corrected chi connectivity index (χ0v) is 21.6. The van der Waals surface area contributed by atoms with Crippen LogP contribution in [-0.4, -0.2) is 67.1 Å². The standard InChI is InChI=1S/C23H36N6O.HI/c1-5-24-23(26-16-22-27-18(2)19(3)30-22)25-12-9-13-29-15-14-28(4)17-21(29)20-10-7-6-8-11-20;/h6-8,10-11,21H,5,9,12-17H2,1-4H3,(H2,24,25,26);1H. The second kappa shape index (κ2) is 13.0. The van der Waals surface area contributed by atoms with Crippen LogP contribution in [0.4, 0.5) is 0 Å². The number of hydrogen-bond donors (Lipinski definition) is 2. The Morgan fingerprint density at radius 2 is 1.97 bits per heavy atom. The van der Waals surface area contributed by atoms with Crippen molar-refractivity contribution in [3.05, 3.63) is 53.2 Å². The first-order valence-electron chi connectivity index (χ1n) is 11.0. The zero-order chi connectivity index (χ0) is 21.3. The number of halogens is 1. The summed E-state index contributed by atoms with van der Waals surface area (Å²) in [6, 6.07) is 11.3. The Kier molecular flexibility index (Phi) is 10.8. The van der Waals surface area contributed by atoms with Crippen LogP contribution < -0.4 is 10.6 Å². The van der Waals surface area contributed by atoms with Crippen molar-refractivity contribution in [1.29, 1.82) is 0 Å². The molecular weight excluding hydrogens is 503 g/mol. The zero-order valence-electron chi connectivity index (χ0n) is 19.2. The van der Waals surface area contributed by atoms with E-state index < -0.39 is 0 Å². The number of oxazole rings is 1. The van der Waals surface area contributed by atoms with E-state index in [1.165, 1.54) is 5.56 Å². The number of nitrogens with one attached hydrogen (secondary N) is 2. The van der Waals surface area contributed by atoms with E-state index in [1.807, 2.05) is 13.8 Å². The molecule has 1 aliphatic rings. The summed E-state index contributed by atoms with van der Waals surface area (Å²) in [6.07, 6.45) is 1.06. The number of hydrogen-bond acceptors (Lipinski definition) is 5. The van der Waals surface area contributed by atoms with Gasteiger partial charge in [-0.05, 0) is 39.8 Å². The molecule has 0 spiro atoms. The lowest BCUT2D eigenvalue weighted by molar-refractivity contribution is 0.0891. The number of likely N-dealkylation sites (N-methyl/N-ethyl adjacent to an activating group) is 1. The average molecular weight is 540 g/mol. The van der Waals surface area contributed by atoms with Crippen molar-refractivity contribution in [1.82, 2.24) is 25.4 Å². The van der Waals surface area contributed by atoms with E-state index in [9.17, 15) is 0 Å². The van der Waals surface area contributed by atoms with E-state index in [-0.39, 0.29) is 24.0 Å². The number of aliphatic imine (C=N–C) groups is 1. The number of aromatic nitrogens is 1. The summed E-state index contributed by atoms with van der Waals surface area (Å²) in [5.41, 5.74) is 2.33. The summed E-state index contributed by atoms with van der Waals surface area (Å²) in [7, 11) is 2.21. The molecule has 0 amide bonds. The molecule has 1 aromatic heterocycles. The second-order valence-corrected chi connectivity index (χ2v) is 7.95. The highest BCUT2D eigenvalue weighted by atomic mass is 127. The number of nitrogens with zero attached hydrogens (tertiary/aromatic N) is 4. The Morgan fingerprint density at radius 1 is 1.19 bits per heavy atom. The molecule has 31 heavy (non-hydrogen) atoms. The molecule has 2 N–H and O–H groups in total. The SMILES string of the molecule is CCNC(=NCc1nc(C)c(C)o1)NCCCN1CCN(C)CC1c1ccccc1.I. The quantitative estimate of drug-likeness (QED) is 0.232. The van der Waals surface area contributed by atoms with Gasteiger partial charge in [0.15, 0.2) is 5.96 Å². The lowest BCUT2D eigenvalue weighted by Crippen LogP contribution is -2.47. The molecule has 2 aromatic rings. The van der Waals surface area contributed by atoms with Gasteiger partial charge in [0.05, 0.1) is 5.69 Å². The predicted octanol–water partition coefficient (Wildman–Crippen LogP) is 3.34. The highest BCUT2D eigenvalue weighted by molar-refractivity contribution is 14.0. The third-order valence-corrected chi connectivity index (χ3v) is 5.58. The fourth-order valence-corrected chi connectivity index (χ4v) is 3.80. The van der Waals surface area contributed by atoms with Crippen molar-refractivity contribution in [3.8, 4) is 0 Å². The molecule has 3 rings (SSSR count). The Labute approximate surface area is 203 Å². The lowest BCUT2D eigenvalue weighted by Gasteiger charge is -2.40. The smallest absolute Gasteiger partial charge is 0.216 e. The minimum atomic E-state index is 0. The number of benzene rings is 1. The molecule has 1 fully saturated rings. The fraction of sp³-hybridized carbons (Fsp3) is 0.565. The van der Waals surface area contributed by atoms with E-state index >= 15 is 0 Å². The largest absolute Gasteiger partial charge is 0.444 e. The van der Waals surface area contributed by atoms with Gasteiger partial charge in [0.2, 0.25) is 5.89 Å². The molecule has 172 valence electrons. The number of guanidine groups is 1. The monoisotopic (exact) mass is 540 g/mol. The van der Waals surface area contributed by atoms with Crippen LogP contribution in [0.25, 0.3) is 0 Å². The average Bonchev–Trinajstić information content (AvgIpc) is 3.08. The normalized spacial score (nSPS) is 17.9. The highest BCUT2D eigenvalue weighted by Crippen LogP contribution is 2.24. The van der Waals surface area contributed by atoms with Crippen LogP contribution in [0.2, 0.25) is 0 Å². The van der Waals surface area contributed by atoms with Gasteiger partial charge < -0.3 is 20.0 Å². The molecule has 0 aliphatic carbocycles. The molecule has 0 saturated carbocycles. The molecule has 8 heteroatoms. The van der Waals surface area contributed by atoms with Crippen molar-refractivity contribution in [2.24, 2.45) is 4.99 Å². The molecular formula is C23H37IN6O. The van der Waals surface area contributed by atoms with E-state index in [4.69, 9.17) is 4.42 Å². The van der Waals surface area contributed by atoms with Crippen molar-refractivity contribution in [2.45, 2.75) is 39.8 Å². The van der Waals surface area contributed by atoms with Crippen LogP contribution in [0.1, 0.15) is 42.3 Å². The van der Waals surface area contributed by atoms with Gasteiger partial charge in [0.25, 0.3) is 0 Å². The first-order valence-corrected chi connectivity index (χ1v) is 11.0. The van der Waals surface area contributed by atoms with E-state index in [2.05, 4.69) is 74.7 Å². The lowest BCUT2D eigenvalue weighted by atomic mass is 10.0. The van der Waals surface area contributed by atoms with Gasteiger partial charge in [-0.15, -0.1) is 24.0 Å². The Hall–Kier alpha value is -1.65. The first-order chi connectivity index (χ1) is 14.6. The number of piperazine rings is 1. The molecule has 0 radical (unpaired) electrons. The molecule has 1 aromatic carbocycles. The minimum absolute atomic E-state index is 0. The van der Waals surface area contributed by atoms with Crippen molar-refractivity contribution >= 4 is 29.9 Å². The van der Waals surface area contributed by atoms with Gasteiger partial charge in [-0.25, -0.2) is 9.98 Å². The van der Waals surface area contributed by atoms with E-state index in [0.717, 1.165) is 63.1 Å². The molecule has 2 heterocycles. The third-order valence-electron chi connectivity index (χ3n) is 5.58. The maximum absolute atomic E-state index is 5.63. The predicted molar refractivity (Wildman–Crippen MR) is 137 cm³/mol. The van der Waals surface area contributed by atoms with E-state index in [0.29, 0.717) is 18.5 Å². The summed E-state index contributed by atoms with van der Waals surface area (Å²) < 4.78 is 5.63. The Bertz CT molecular complexity index is 790. The maximum Gasteiger partial charge on any atom is 0.216 e. The van der Waals surface area contributed by atoms with Crippen LogP contribution in [0.5, 0.6) is 0 Å². The van der Waals surface area contributed by atoms with Crippen LogP contribution in [-0.2, 0) is 6.54 Å². The third kappa shape index (κ3) is 7.76. The molecule has 1 unspecified atom stereocenters. The summed E-state index contributed by atoms with van der Waals surface area (Å²) in [5.74, 6) is 2.33. The van der Waals surface area contributed by atoms with Gasteiger partial charge in [0, 0.05) is 45.3 Å². The molecule has 7 nitrogen and oxygen atoms in total. The van der Waals surface area contributed by atoms with Gasteiger partial charge >= 0.3 is 0 Å². The number of rotatable bonds is 8. The van der Waals surface area contributed by atoms with Crippen molar-refractivity contribution < 1.29 is 4.42 Å². The summed E-state index contributed by atoms with van der Waals surface area (Å²) in [4.78, 5) is 14.1. The minimum Gasteiger partial charge on any atom is -0.444 e. The van der Waals surface area contributed by atoms with Crippen LogP contribution in [0.3, 0.4) is 0 Å². The maximum atomic E-state index is 5.63. The fourth-order valence-electron chi connectivity index (χ4n) is 3.80. The molecule has 0 bridgehead atoms. The van der Waals surface area contributed by atoms with Crippen LogP contribution in [0.15, 0.2) is 39.7 Å². The van der Waals surface area contributed by atoms with Gasteiger partial charge in [-0.1, -0.05) is 30.3 Å². The first kappa shape index (κ1) is 25.6. The van der Waals surface area contributed by atoms with Gasteiger partial charge in [0.1, 0.15) is 12.3 Å². The van der Waals surface area contributed by atoms with E-state index in [1.54, 1.807) is 0 Å².